The molecular formula is C28H25N3O4. The highest BCUT2D eigenvalue weighted by molar-refractivity contribution is 5.90. The molecule has 0 saturated carbocycles. The molecule has 7 nitrogen and oxygen atoms in total. The van der Waals surface area contributed by atoms with E-state index in [1.807, 2.05) is 54.6 Å². The van der Waals surface area contributed by atoms with Crippen molar-refractivity contribution in [2.24, 2.45) is 0 Å². The Kier molecular flexibility index (Phi) is 7.44. The number of hydrogen-bond acceptors (Lipinski definition) is 5. The average molecular weight is 468 g/mol. The van der Waals surface area contributed by atoms with Gasteiger partial charge in [-0.25, -0.2) is 4.98 Å². The summed E-state index contributed by atoms with van der Waals surface area (Å²) in [5, 5.41) is 3.33. The lowest BCUT2D eigenvalue weighted by Crippen LogP contribution is -2.22. The number of hydrogen-bond donors (Lipinski definition) is 1. The summed E-state index contributed by atoms with van der Waals surface area (Å²) in [7, 11) is 3.05. The van der Waals surface area contributed by atoms with E-state index in [2.05, 4.69) is 22.1 Å². The van der Waals surface area contributed by atoms with Crippen molar-refractivity contribution in [1.29, 1.82) is 0 Å². The number of carbonyl (C=O) groups is 1. The van der Waals surface area contributed by atoms with Gasteiger partial charge in [-0.3, -0.25) is 14.2 Å². The third kappa shape index (κ3) is 5.87. The van der Waals surface area contributed by atoms with Crippen LogP contribution >= 0.6 is 0 Å². The normalized spacial score (nSPS) is 10.3. The molecule has 0 aliphatic carbocycles. The number of nitrogens with one attached hydrogen (secondary N) is 1. The first-order valence-corrected chi connectivity index (χ1v) is 11.2. The average Bonchev–Trinajstić information content (AvgIpc) is 2.89. The summed E-state index contributed by atoms with van der Waals surface area (Å²) < 4.78 is 12.1. The van der Waals surface area contributed by atoms with Gasteiger partial charge in [0.1, 0.15) is 0 Å². The van der Waals surface area contributed by atoms with Crippen molar-refractivity contribution in [2.75, 3.05) is 19.5 Å². The van der Waals surface area contributed by atoms with Crippen LogP contribution in [0.2, 0.25) is 0 Å². The van der Waals surface area contributed by atoms with Crippen molar-refractivity contribution in [2.45, 2.75) is 19.4 Å². The second-order valence-corrected chi connectivity index (χ2v) is 7.82. The zero-order valence-electron chi connectivity index (χ0n) is 19.6. The standard InChI is InChI=1S/C28H25N3O4/c1-34-25-17-23-24(18-26(25)35-2)29-19-31(28(23)33)15-7-12-27(32)30-22-11-6-10-21(16-22)14-13-20-8-4-3-5-9-20/h3-6,8-11,16-19H,7,12,15H2,1-2H3,(H,30,32). The first-order valence-electron chi connectivity index (χ1n) is 11.2. The summed E-state index contributed by atoms with van der Waals surface area (Å²) in [6, 6.07) is 20.4. The van der Waals surface area contributed by atoms with Gasteiger partial charge in [0.25, 0.3) is 5.56 Å². The van der Waals surface area contributed by atoms with Gasteiger partial charge in [-0.15, -0.1) is 0 Å². The molecule has 1 amide bonds. The van der Waals surface area contributed by atoms with E-state index in [1.54, 1.807) is 12.1 Å². The van der Waals surface area contributed by atoms with E-state index >= 15 is 0 Å². The Bertz CT molecular complexity index is 1470. The fraction of sp³-hybridized carbons (Fsp3) is 0.179. The molecule has 176 valence electrons. The number of benzene rings is 3. The third-order valence-electron chi connectivity index (χ3n) is 5.40. The molecule has 0 aliphatic rings. The lowest BCUT2D eigenvalue weighted by molar-refractivity contribution is -0.116. The Morgan fingerprint density at radius 3 is 2.43 bits per heavy atom. The quantitative estimate of drug-likeness (QED) is 0.411. The van der Waals surface area contributed by atoms with Crippen LogP contribution in [0.5, 0.6) is 11.5 Å². The summed E-state index contributed by atoms with van der Waals surface area (Å²) in [6.07, 6.45) is 2.24. The van der Waals surface area contributed by atoms with Crippen molar-refractivity contribution in [3.63, 3.8) is 0 Å². The maximum atomic E-state index is 12.9. The van der Waals surface area contributed by atoms with Crippen LogP contribution in [0.3, 0.4) is 0 Å². The molecule has 0 unspecified atom stereocenters. The zero-order valence-corrected chi connectivity index (χ0v) is 19.6. The SMILES string of the molecule is COc1cc2ncn(CCCC(=O)Nc3cccc(C#Cc4ccccc4)c3)c(=O)c2cc1OC. The Morgan fingerprint density at radius 1 is 0.943 bits per heavy atom. The van der Waals surface area contributed by atoms with E-state index in [9.17, 15) is 9.59 Å². The number of aromatic nitrogens is 2. The van der Waals surface area contributed by atoms with Crippen LogP contribution in [0.15, 0.2) is 77.9 Å². The Hall–Kier alpha value is -4.57. The van der Waals surface area contributed by atoms with Crippen molar-refractivity contribution < 1.29 is 14.3 Å². The van der Waals surface area contributed by atoms with Gasteiger partial charge in [0, 0.05) is 35.8 Å². The minimum atomic E-state index is -0.193. The van der Waals surface area contributed by atoms with Gasteiger partial charge in [-0.05, 0) is 42.8 Å². The van der Waals surface area contributed by atoms with E-state index in [0.29, 0.717) is 41.1 Å². The maximum absolute atomic E-state index is 12.9. The summed E-state index contributed by atoms with van der Waals surface area (Å²) in [4.78, 5) is 29.7. The number of carbonyl (C=O) groups excluding carboxylic acids is 1. The molecule has 4 aromatic rings. The molecule has 1 heterocycles. The van der Waals surface area contributed by atoms with E-state index < -0.39 is 0 Å². The van der Waals surface area contributed by atoms with Crippen molar-refractivity contribution in [3.05, 3.63) is 94.5 Å². The number of nitrogens with zero attached hydrogens (tertiary/aromatic N) is 2. The minimum absolute atomic E-state index is 0.133. The number of aryl methyl sites for hydroxylation is 1. The van der Waals surface area contributed by atoms with Crippen LogP contribution < -0.4 is 20.3 Å². The maximum Gasteiger partial charge on any atom is 0.261 e. The van der Waals surface area contributed by atoms with Crippen LogP contribution in [0.1, 0.15) is 24.0 Å². The molecule has 3 aromatic carbocycles. The smallest absolute Gasteiger partial charge is 0.261 e. The largest absolute Gasteiger partial charge is 0.493 e. The molecule has 1 aromatic heterocycles. The fourth-order valence-corrected chi connectivity index (χ4v) is 3.62. The lowest BCUT2D eigenvalue weighted by Gasteiger charge is -2.10. The van der Waals surface area contributed by atoms with Crippen LogP contribution in [0.4, 0.5) is 5.69 Å². The van der Waals surface area contributed by atoms with Gasteiger partial charge in [-0.1, -0.05) is 36.1 Å². The Morgan fingerprint density at radius 2 is 1.66 bits per heavy atom. The summed E-state index contributed by atoms with van der Waals surface area (Å²) in [6.45, 7) is 0.367. The summed E-state index contributed by atoms with van der Waals surface area (Å²) >= 11 is 0. The van der Waals surface area contributed by atoms with Crippen molar-refractivity contribution >= 4 is 22.5 Å². The number of methoxy groups -OCH3 is 2. The zero-order chi connectivity index (χ0) is 24.6. The highest BCUT2D eigenvalue weighted by atomic mass is 16.5. The predicted octanol–water partition coefficient (Wildman–Crippen LogP) is 4.23. The van der Waals surface area contributed by atoms with Gasteiger partial charge in [0.05, 0.1) is 31.4 Å². The summed E-state index contributed by atoms with van der Waals surface area (Å²) in [5.41, 5.74) is 2.75. The molecule has 0 atom stereocenters. The second-order valence-electron chi connectivity index (χ2n) is 7.82. The van der Waals surface area contributed by atoms with Crippen LogP contribution in [-0.4, -0.2) is 29.7 Å². The molecule has 35 heavy (non-hydrogen) atoms. The molecule has 0 fully saturated rings. The minimum Gasteiger partial charge on any atom is -0.493 e. The van der Waals surface area contributed by atoms with E-state index in [4.69, 9.17) is 9.47 Å². The van der Waals surface area contributed by atoms with Crippen molar-refractivity contribution in [3.8, 4) is 23.3 Å². The van der Waals surface area contributed by atoms with Gasteiger partial charge in [0.15, 0.2) is 11.5 Å². The number of ether oxygens (including phenoxy) is 2. The molecule has 0 aliphatic heterocycles. The topological polar surface area (TPSA) is 82.5 Å². The molecule has 0 spiro atoms. The van der Waals surface area contributed by atoms with E-state index in [-0.39, 0.29) is 17.9 Å². The van der Waals surface area contributed by atoms with Crippen LogP contribution in [0.25, 0.3) is 10.9 Å². The number of amides is 1. The Balaban J connectivity index is 1.37. The number of rotatable bonds is 7. The fourth-order valence-electron chi connectivity index (χ4n) is 3.62. The number of anilines is 1. The molecule has 7 heteroatoms. The summed E-state index contributed by atoms with van der Waals surface area (Å²) in [5.74, 6) is 7.06. The Labute approximate surface area is 203 Å². The first kappa shape index (κ1) is 23.6. The monoisotopic (exact) mass is 467 g/mol. The molecule has 4 rings (SSSR count). The molecule has 0 radical (unpaired) electrons. The molecule has 1 N–H and O–H groups in total. The molecule has 0 saturated heterocycles. The van der Waals surface area contributed by atoms with Gasteiger partial charge >= 0.3 is 0 Å². The highest BCUT2D eigenvalue weighted by Gasteiger charge is 2.11. The van der Waals surface area contributed by atoms with E-state index in [1.165, 1.54) is 25.1 Å². The lowest BCUT2D eigenvalue weighted by atomic mass is 10.1. The van der Waals surface area contributed by atoms with Crippen LogP contribution in [0, 0.1) is 11.8 Å². The number of fused-ring (bicyclic) bond motifs is 1. The third-order valence-corrected chi connectivity index (χ3v) is 5.40. The van der Waals surface area contributed by atoms with Gasteiger partial charge in [-0.2, -0.15) is 0 Å². The van der Waals surface area contributed by atoms with Crippen molar-refractivity contribution in [1.82, 2.24) is 9.55 Å². The predicted molar refractivity (Wildman–Crippen MR) is 136 cm³/mol. The molecule has 0 bridgehead atoms. The second kappa shape index (κ2) is 11.0. The molecular weight excluding hydrogens is 442 g/mol. The first-order chi connectivity index (χ1) is 17.1. The van der Waals surface area contributed by atoms with Crippen LogP contribution in [-0.2, 0) is 11.3 Å². The van der Waals surface area contributed by atoms with Gasteiger partial charge in [0.2, 0.25) is 5.91 Å². The van der Waals surface area contributed by atoms with E-state index in [0.717, 1.165) is 11.1 Å². The highest BCUT2D eigenvalue weighted by Crippen LogP contribution is 2.29. The van der Waals surface area contributed by atoms with Gasteiger partial charge < -0.3 is 14.8 Å².